The summed E-state index contributed by atoms with van der Waals surface area (Å²) in [5.74, 6) is 1.86. The van der Waals surface area contributed by atoms with Crippen LogP contribution in [0.4, 0.5) is 0 Å². The van der Waals surface area contributed by atoms with Crippen molar-refractivity contribution >= 4 is 22.7 Å². The second-order valence-corrected chi connectivity index (χ2v) is 6.35. The summed E-state index contributed by atoms with van der Waals surface area (Å²) in [6, 6.07) is 13.8. The summed E-state index contributed by atoms with van der Waals surface area (Å²) in [7, 11) is 1.60. The third kappa shape index (κ3) is 3.70. The quantitative estimate of drug-likeness (QED) is 0.677. The second kappa shape index (κ2) is 7.32. The summed E-state index contributed by atoms with van der Waals surface area (Å²) in [6.45, 7) is 5.95. The smallest absolute Gasteiger partial charge is 0.161 e. The Bertz CT molecular complexity index is 1010. The van der Waals surface area contributed by atoms with Crippen molar-refractivity contribution in [3.63, 3.8) is 0 Å². The SMILES string of the molecule is COc1cc(/C=C(/C#N)c2nc3ccc(C)cc3[nH]2)ccc1OC(C)C. The van der Waals surface area contributed by atoms with E-state index in [-0.39, 0.29) is 6.10 Å². The van der Waals surface area contributed by atoms with Crippen molar-refractivity contribution in [3.8, 4) is 17.6 Å². The Morgan fingerprint density at radius 1 is 1.19 bits per heavy atom. The number of rotatable bonds is 5. The molecule has 0 spiro atoms. The molecule has 0 saturated carbocycles. The zero-order chi connectivity index (χ0) is 18.7. The van der Waals surface area contributed by atoms with Crippen molar-refractivity contribution in [1.29, 1.82) is 5.26 Å². The lowest BCUT2D eigenvalue weighted by Gasteiger charge is -2.13. The Hall–Kier alpha value is -3.26. The zero-order valence-electron chi connectivity index (χ0n) is 15.3. The van der Waals surface area contributed by atoms with Gasteiger partial charge in [-0.1, -0.05) is 12.1 Å². The lowest BCUT2D eigenvalue weighted by Crippen LogP contribution is -2.06. The van der Waals surface area contributed by atoms with Crippen LogP contribution in [0.2, 0.25) is 0 Å². The number of H-pyrrole nitrogens is 1. The number of aryl methyl sites for hydroxylation is 1. The number of aromatic nitrogens is 2. The van der Waals surface area contributed by atoms with Crippen LogP contribution < -0.4 is 9.47 Å². The normalized spacial score (nSPS) is 11.6. The van der Waals surface area contributed by atoms with Gasteiger partial charge in [0.15, 0.2) is 11.5 Å². The number of aromatic amines is 1. The minimum atomic E-state index is 0.0546. The first kappa shape index (κ1) is 17.6. The van der Waals surface area contributed by atoms with Gasteiger partial charge in [0, 0.05) is 0 Å². The monoisotopic (exact) mass is 347 g/mol. The minimum absolute atomic E-state index is 0.0546. The molecule has 0 atom stereocenters. The van der Waals surface area contributed by atoms with Gasteiger partial charge >= 0.3 is 0 Å². The van der Waals surface area contributed by atoms with Gasteiger partial charge in [-0.15, -0.1) is 0 Å². The number of allylic oxidation sites excluding steroid dienone is 1. The van der Waals surface area contributed by atoms with Crippen molar-refractivity contribution in [2.45, 2.75) is 26.9 Å². The van der Waals surface area contributed by atoms with Gasteiger partial charge in [0.25, 0.3) is 0 Å². The first-order chi connectivity index (χ1) is 12.5. The van der Waals surface area contributed by atoms with Crippen LogP contribution in [-0.4, -0.2) is 23.2 Å². The highest BCUT2D eigenvalue weighted by atomic mass is 16.5. The maximum absolute atomic E-state index is 9.59. The molecule has 0 aliphatic heterocycles. The summed E-state index contributed by atoms with van der Waals surface area (Å²) in [6.07, 6.45) is 1.84. The van der Waals surface area contributed by atoms with Gasteiger partial charge in [0.05, 0.1) is 29.8 Å². The highest BCUT2D eigenvalue weighted by molar-refractivity contribution is 5.90. The Morgan fingerprint density at radius 3 is 2.69 bits per heavy atom. The fraction of sp³-hybridized carbons (Fsp3) is 0.238. The molecule has 0 fully saturated rings. The standard InChI is InChI=1S/C21H21N3O2/c1-13(2)26-19-8-6-15(11-20(19)25-4)10-16(12-22)21-23-17-7-5-14(3)9-18(17)24-21/h5-11,13H,1-4H3,(H,23,24)/b16-10-. The van der Waals surface area contributed by atoms with Crippen LogP contribution in [0.15, 0.2) is 36.4 Å². The number of nitrogens with one attached hydrogen (secondary N) is 1. The number of hydrogen-bond acceptors (Lipinski definition) is 4. The van der Waals surface area contributed by atoms with Crippen molar-refractivity contribution in [2.75, 3.05) is 7.11 Å². The van der Waals surface area contributed by atoms with Gasteiger partial charge in [-0.2, -0.15) is 5.26 Å². The van der Waals surface area contributed by atoms with Gasteiger partial charge in [-0.05, 0) is 62.2 Å². The van der Waals surface area contributed by atoms with Crippen LogP contribution in [0.3, 0.4) is 0 Å². The summed E-state index contributed by atoms with van der Waals surface area (Å²) in [4.78, 5) is 7.73. The van der Waals surface area contributed by atoms with Crippen molar-refractivity contribution in [2.24, 2.45) is 0 Å². The molecule has 26 heavy (non-hydrogen) atoms. The van der Waals surface area contributed by atoms with Gasteiger partial charge in [0.2, 0.25) is 0 Å². The van der Waals surface area contributed by atoms with E-state index in [4.69, 9.17) is 9.47 Å². The topological polar surface area (TPSA) is 70.9 Å². The molecule has 3 rings (SSSR count). The lowest BCUT2D eigenvalue weighted by molar-refractivity contribution is 0.230. The summed E-state index contributed by atoms with van der Waals surface area (Å²) in [5.41, 5.74) is 4.19. The van der Waals surface area contributed by atoms with Crippen LogP contribution in [0.25, 0.3) is 22.7 Å². The molecule has 0 amide bonds. The molecule has 0 bridgehead atoms. The van der Waals surface area contributed by atoms with Crippen molar-refractivity contribution in [3.05, 3.63) is 53.3 Å². The summed E-state index contributed by atoms with van der Waals surface area (Å²) in [5, 5.41) is 9.59. The van der Waals surface area contributed by atoms with Crippen LogP contribution >= 0.6 is 0 Å². The van der Waals surface area contributed by atoms with Gasteiger partial charge < -0.3 is 14.5 Å². The molecular formula is C21H21N3O2. The number of fused-ring (bicyclic) bond motifs is 1. The Labute approximate surface area is 152 Å². The first-order valence-electron chi connectivity index (χ1n) is 8.43. The third-order valence-electron chi connectivity index (χ3n) is 3.87. The number of hydrogen-bond donors (Lipinski definition) is 1. The van der Waals surface area contributed by atoms with E-state index in [1.807, 2.05) is 57.2 Å². The first-order valence-corrected chi connectivity index (χ1v) is 8.43. The van der Waals surface area contributed by atoms with E-state index in [9.17, 15) is 5.26 Å². The van der Waals surface area contributed by atoms with E-state index in [0.29, 0.717) is 22.9 Å². The van der Waals surface area contributed by atoms with E-state index in [2.05, 4.69) is 16.0 Å². The van der Waals surface area contributed by atoms with E-state index in [0.717, 1.165) is 22.2 Å². The molecule has 0 aliphatic rings. The Morgan fingerprint density at radius 2 is 2.00 bits per heavy atom. The molecule has 1 aromatic heterocycles. The number of methoxy groups -OCH3 is 1. The number of nitriles is 1. The summed E-state index contributed by atoms with van der Waals surface area (Å²) < 4.78 is 11.1. The lowest BCUT2D eigenvalue weighted by atomic mass is 10.1. The average Bonchev–Trinajstić information content (AvgIpc) is 3.03. The van der Waals surface area contributed by atoms with Gasteiger partial charge in [-0.25, -0.2) is 4.98 Å². The minimum Gasteiger partial charge on any atom is -0.493 e. The molecule has 0 unspecified atom stereocenters. The highest BCUT2D eigenvalue weighted by Gasteiger charge is 2.10. The molecule has 5 nitrogen and oxygen atoms in total. The van der Waals surface area contributed by atoms with Crippen molar-refractivity contribution in [1.82, 2.24) is 9.97 Å². The number of ether oxygens (including phenoxy) is 2. The molecule has 1 N–H and O–H groups in total. The van der Waals surface area contributed by atoms with E-state index in [1.54, 1.807) is 13.2 Å². The van der Waals surface area contributed by atoms with E-state index in [1.165, 1.54) is 0 Å². The van der Waals surface area contributed by atoms with E-state index >= 15 is 0 Å². The van der Waals surface area contributed by atoms with Crippen molar-refractivity contribution < 1.29 is 9.47 Å². The number of benzene rings is 2. The van der Waals surface area contributed by atoms with E-state index < -0.39 is 0 Å². The van der Waals surface area contributed by atoms with Gasteiger partial charge in [-0.3, -0.25) is 0 Å². The zero-order valence-corrected chi connectivity index (χ0v) is 15.3. The maximum atomic E-state index is 9.59. The molecule has 3 aromatic rings. The molecule has 0 aliphatic carbocycles. The molecule has 1 heterocycles. The van der Waals surface area contributed by atoms with Crippen LogP contribution in [0.1, 0.15) is 30.8 Å². The number of nitrogens with zero attached hydrogens (tertiary/aromatic N) is 2. The predicted octanol–water partition coefficient (Wildman–Crippen LogP) is 4.73. The van der Waals surface area contributed by atoms with Crippen LogP contribution in [-0.2, 0) is 0 Å². The summed E-state index contributed by atoms with van der Waals surface area (Å²) >= 11 is 0. The fourth-order valence-corrected chi connectivity index (χ4v) is 2.70. The molecular weight excluding hydrogens is 326 g/mol. The van der Waals surface area contributed by atoms with Crippen LogP contribution in [0.5, 0.6) is 11.5 Å². The number of imidazole rings is 1. The largest absolute Gasteiger partial charge is 0.493 e. The van der Waals surface area contributed by atoms with Crippen LogP contribution in [0, 0.1) is 18.3 Å². The molecule has 0 radical (unpaired) electrons. The Balaban J connectivity index is 1.99. The second-order valence-electron chi connectivity index (χ2n) is 6.35. The molecule has 2 aromatic carbocycles. The van der Waals surface area contributed by atoms with Gasteiger partial charge in [0.1, 0.15) is 11.9 Å². The molecule has 0 saturated heterocycles. The highest BCUT2D eigenvalue weighted by Crippen LogP contribution is 2.30. The maximum Gasteiger partial charge on any atom is 0.161 e. The Kier molecular flexibility index (Phi) is 4.94. The molecule has 132 valence electrons. The fourth-order valence-electron chi connectivity index (χ4n) is 2.70. The molecule has 5 heteroatoms. The third-order valence-corrected chi connectivity index (χ3v) is 3.87. The predicted molar refractivity (Wildman–Crippen MR) is 103 cm³/mol. The average molecular weight is 347 g/mol.